The topological polar surface area (TPSA) is 72.5 Å². The Morgan fingerprint density at radius 2 is 1.89 bits per heavy atom. The lowest BCUT2D eigenvalue weighted by atomic mass is 10.2. The summed E-state index contributed by atoms with van der Waals surface area (Å²) in [6.45, 7) is 4.41. The van der Waals surface area contributed by atoms with Gasteiger partial charge in [-0.25, -0.2) is 4.79 Å². The van der Waals surface area contributed by atoms with Gasteiger partial charge in [0.25, 0.3) is 0 Å². The number of halogens is 1. The first kappa shape index (κ1) is 15.9. The predicted octanol–water partition coefficient (Wildman–Crippen LogP) is 1.82. The molecule has 1 N–H and O–H groups in total. The van der Waals surface area contributed by atoms with E-state index in [1.165, 1.54) is 24.3 Å². The maximum atomic E-state index is 11.7. The van der Waals surface area contributed by atoms with Gasteiger partial charge in [-0.15, -0.1) is 0 Å². The molecule has 0 radical (unpaired) electrons. The van der Waals surface area contributed by atoms with Gasteiger partial charge in [0.2, 0.25) is 0 Å². The zero-order chi connectivity index (χ0) is 14.5. The third kappa shape index (κ3) is 5.59. The van der Waals surface area contributed by atoms with Gasteiger partial charge >= 0.3 is 16.1 Å². The molecule has 0 saturated carbocycles. The molecule has 0 saturated heterocycles. The minimum atomic E-state index is -4.08. The molecule has 19 heavy (non-hydrogen) atoms. The molecule has 1 rings (SSSR count). The summed E-state index contributed by atoms with van der Waals surface area (Å²) in [4.78, 5) is 11.3. The van der Waals surface area contributed by atoms with Crippen molar-refractivity contribution < 1.29 is 17.4 Å². The Bertz CT molecular complexity index is 525. The summed E-state index contributed by atoms with van der Waals surface area (Å²) in [6, 6.07) is 5.40. The highest BCUT2D eigenvalue weighted by molar-refractivity contribution is 7.87. The van der Waals surface area contributed by atoms with Gasteiger partial charge in [-0.05, 0) is 36.7 Å². The van der Waals surface area contributed by atoms with Crippen molar-refractivity contribution in [3.63, 3.8) is 0 Å². The molecule has 0 unspecified atom stereocenters. The quantitative estimate of drug-likeness (QED) is 0.812. The minimum absolute atomic E-state index is 0.103. The number of hydrogen-bond donors (Lipinski definition) is 1. The average Bonchev–Trinajstić information content (AvgIpc) is 2.28. The van der Waals surface area contributed by atoms with Crippen molar-refractivity contribution in [1.29, 1.82) is 0 Å². The second kappa shape index (κ2) is 6.88. The zero-order valence-electron chi connectivity index (χ0n) is 10.7. The van der Waals surface area contributed by atoms with Crippen molar-refractivity contribution in [2.45, 2.75) is 18.7 Å². The summed E-state index contributed by atoms with van der Waals surface area (Å²) < 4.78 is 27.9. The first-order valence-corrected chi connectivity index (χ1v) is 7.53. The van der Waals surface area contributed by atoms with Crippen LogP contribution in [0, 0.1) is 5.92 Å². The van der Waals surface area contributed by atoms with E-state index < -0.39 is 16.1 Å². The van der Waals surface area contributed by atoms with Crippen LogP contribution in [0.4, 0.5) is 0 Å². The van der Waals surface area contributed by atoms with Gasteiger partial charge in [0, 0.05) is 5.02 Å². The normalized spacial score (nSPS) is 11.6. The molecule has 7 heteroatoms. The molecule has 0 fully saturated rings. The average molecular weight is 306 g/mol. The minimum Gasteiger partial charge on any atom is -0.341 e. The molecule has 0 aliphatic rings. The largest absolute Gasteiger partial charge is 0.341 e. The van der Waals surface area contributed by atoms with Crippen LogP contribution in [0.5, 0.6) is 0 Å². The van der Waals surface area contributed by atoms with Crippen LogP contribution in [0.1, 0.15) is 13.8 Å². The van der Waals surface area contributed by atoms with Crippen molar-refractivity contribution >= 4 is 27.7 Å². The third-order valence-corrected chi connectivity index (χ3v) is 3.63. The molecule has 0 bridgehead atoms. The molecule has 0 heterocycles. The second-order valence-corrected chi connectivity index (χ2v) is 6.37. The van der Waals surface area contributed by atoms with E-state index in [0.29, 0.717) is 17.5 Å². The molecule has 0 aromatic heterocycles. The van der Waals surface area contributed by atoms with Crippen LogP contribution in [0.3, 0.4) is 0 Å². The highest BCUT2D eigenvalue weighted by Gasteiger charge is 2.19. The van der Waals surface area contributed by atoms with Gasteiger partial charge in [-0.3, -0.25) is 0 Å². The monoisotopic (exact) mass is 305 g/mol. The fourth-order valence-electron chi connectivity index (χ4n) is 1.26. The summed E-state index contributed by atoms with van der Waals surface area (Å²) in [5.74, 6) is -0.476. The van der Waals surface area contributed by atoms with Crippen LogP contribution in [0.15, 0.2) is 29.2 Å². The Balaban J connectivity index is 2.59. The van der Waals surface area contributed by atoms with Gasteiger partial charge in [0.05, 0.1) is 6.54 Å². The lowest BCUT2D eigenvalue weighted by Gasteiger charge is -2.08. The van der Waals surface area contributed by atoms with Crippen LogP contribution in [-0.2, 0) is 19.1 Å². The standard InChI is InChI=1S/C12H16ClNO4S/c1-9(2)7-14-8-12(15)18-19(16,17)11-5-3-10(13)4-6-11/h3-6,9,14H,7-8H2,1-2H3. The summed E-state index contributed by atoms with van der Waals surface area (Å²) in [5.41, 5.74) is 0. The maximum Gasteiger partial charge on any atom is 0.341 e. The number of carbonyl (C=O) groups excluding carboxylic acids is 1. The van der Waals surface area contributed by atoms with E-state index in [1.54, 1.807) is 0 Å². The highest BCUT2D eigenvalue weighted by Crippen LogP contribution is 2.16. The molecule has 106 valence electrons. The number of nitrogens with one attached hydrogen (secondary N) is 1. The fraction of sp³-hybridized carbons (Fsp3) is 0.417. The van der Waals surface area contributed by atoms with Gasteiger partial charge in [0.15, 0.2) is 0 Å². The lowest BCUT2D eigenvalue weighted by Crippen LogP contribution is -2.29. The van der Waals surface area contributed by atoms with E-state index in [-0.39, 0.29) is 11.4 Å². The molecule has 0 atom stereocenters. The fourth-order valence-corrected chi connectivity index (χ4v) is 2.26. The van der Waals surface area contributed by atoms with Crippen LogP contribution in [0.25, 0.3) is 0 Å². The Morgan fingerprint density at radius 3 is 2.42 bits per heavy atom. The van der Waals surface area contributed by atoms with Gasteiger partial charge in [-0.1, -0.05) is 25.4 Å². The van der Waals surface area contributed by atoms with Crippen molar-refractivity contribution in [3.05, 3.63) is 29.3 Å². The van der Waals surface area contributed by atoms with Crippen molar-refractivity contribution in [3.8, 4) is 0 Å². The zero-order valence-corrected chi connectivity index (χ0v) is 12.3. The lowest BCUT2D eigenvalue weighted by molar-refractivity contribution is -0.132. The summed E-state index contributed by atoms with van der Waals surface area (Å²) in [7, 11) is -4.08. The molecule has 1 aromatic carbocycles. The van der Waals surface area contributed by atoms with E-state index in [2.05, 4.69) is 9.50 Å². The van der Waals surface area contributed by atoms with Gasteiger partial charge in [0.1, 0.15) is 4.90 Å². The smallest absolute Gasteiger partial charge is 0.341 e. The number of rotatable bonds is 6. The maximum absolute atomic E-state index is 11.7. The SMILES string of the molecule is CC(C)CNCC(=O)OS(=O)(=O)c1ccc(Cl)cc1. The molecular formula is C12H16ClNO4S. The summed E-state index contributed by atoms with van der Waals surface area (Å²) in [6.07, 6.45) is 0. The summed E-state index contributed by atoms with van der Waals surface area (Å²) >= 11 is 5.65. The number of hydrogen-bond acceptors (Lipinski definition) is 5. The van der Waals surface area contributed by atoms with Crippen LogP contribution in [0.2, 0.25) is 5.02 Å². The highest BCUT2D eigenvalue weighted by atomic mass is 35.5. The molecule has 0 spiro atoms. The third-order valence-electron chi connectivity index (χ3n) is 2.13. The number of carbonyl (C=O) groups is 1. The Kier molecular flexibility index (Phi) is 5.78. The molecular weight excluding hydrogens is 290 g/mol. The van der Waals surface area contributed by atoms with Crippen molar-refractivity contribution in [2.24, 2.45) is 5.92 Å². The van der Waals surface area contributed by atoms with E-state index in [9.17, 15) is 13.2 Å². The molecule has 0 aliphatic heterocycles. The van der Waals surface area contributed by atoms with E-state index in [1.807, 2.05) is 13.8 Å². The van der Waals surface area contributed by atoms with Crippen molar-refractivity contribution in [1.82, 2.24) is 5.32 Å². The molecule has 0 amide bonds. The van der Waals surface area contributed by atoms with Crippen LogP contribution in [-0.4, -0.2) is 27.5 Å². The van der Waals surface area contributed by atoms with Crippen LogP contribution >= 0.6 is 11.6 Å². The second-order valence-electron chi connectivity index (χ2n) is 4.39. The molecule has 0 aliphatic carbocycles. The Morgan fingerprint density at radius 1 is 1.32 bits per heavy atom. The first-order valence-electron chi connectivity index (χ1n) is 5.75. The first-order chi connectivity index (χ1) is 8.81. The van der Waals surface area contributed by atoms with Crippen LogP contribution < -0.4 is 5.32 Å². The molecule has 5 nitrogen and oxygen atoms in total. The van der Waals surface area contributed by atoms with Gasteiger partial charge < -0.3 is 9.50 Å². The molecule has 1 aromatic rings. The van der Waals surface area contributed by atoms with Gasteiger partial charge in [-0.2, -0.15) is 8.42 Å². The Labute approximate surface area is 118 Å². The van der Waals surface area contributed by atoms with E-state index in [0.717, 1.165) is 0 Å². The Hall–Kier alpha value is -1.11. The van der Waals surface area contributed by atoms with E-state index >= 15 is 0 Å². The summed E-state index contributed by atoms with van der Waals surface area (Å²) in [5, 5.41) is 3.21. The van der Waals surface area contributed by atoms with Crippen molar-refractivity contribution in [2.75, 3.05) is 13.1 Å². The van der Waals surface area contributed by atoms with E-state index in [4.69, 9.17) is 11.6 Å². The number of benzene rings is 1. The predicted molar refractivity (Wildman–Crippen MR) is 72.4 cm³/mol.